The van der Waals surface area contributed by atoms with Crippen molar-refractivity contribution in [2.75, 3.05) is 12.3 Å². The molecule has 0 spiro atoms. The van der Waals surface area contributed by atoms with Crippen LogP contribution in [0.4, 0.5) is 19.1 Å². The zero-order chi connectivity index (χ0) is 21.1. The number of nitrogens with zero attached hydrogens (tertiary/aromatic N) is 3. The highest BCUT2D eigenvalue weighted by molar-refractivity contribution is 7.48. The lowest BCUT2D eigenvalue weighted by Crippen LogP contribution is -2.55. The van der Waals surface area contributed by atoms with Crippen molar-refractivity contribution in [3.8, 4) is 0 Å². The molecule has 2 aliphatic heterocycles. The third-order valence-electron chi connectivity index (χ3n) is 4.51. The topological polar surface area (TPSA) is 144 Å². The van der Waals surface area contributed by atoms with E-state index >= 15 is 4.39 Å². The van der Waals surface area contributed by atoms with Gasteiger partial charge in [0.2, 0.25) is 5.95 Å². The maximum atomic E-state index is 15.3. The lowest BCUT2D eigenvalue weighted by molar-refractivity contribution is -0.208. The molecular formula is C14H17F3N5O6P. The van der Waals surface area contributed by atoms with E-state index in [-0.39, 0.29) is 17.1 Å². The van der Waals surface area contributed by atoms with Gasteiger partial charge >= 0.3 is 7.82 Å². The third kappa shape index (κ3) is 3.15. The largest absolute Gasteiger partial charge is 0.475 e. The molecule has 2 aliphatic rings. The number of rotatable bonds is 4. The predicted octanol–water partition coefficient (Wildman–Crippen LogP) is 1.52. The van der Waals surface area contributed by atoms with Gasteiger partial charge in [-0.2, -0.15) is 4.98 Å². The van der Waals surface area contributed by atoms with E-state index in [9.17, 15) is 18.1 Å². The molecular weight excluding hydrogens is 422 g/mol. The van der Waals surface area contributed by atoms with Crippen molar-refractivity contribution in [2.24, 2.45) is 0 Å². The SMILES string of the molecule is CC(C)OP1(=O)OC[C@@]2(C(F)F)O[C@@H](n3cnc4c(=O)[nH]c(N)nc43)[C@H](F)[C@@H]2O1. The number of aromatic amines is 1. The van der Waals surface area contributed by atoms with Gasteiger partial charge in [0.25, 0.3) is 12.0 Å². The van der Waals surface area contributed by atoms with Crippen molar-refractivity contribution >= 4 is 24.9 Å². The number of imidazole rings is 1. The number of hydrogen-bond donors (Lipinski definition) is 2. The smallest absolute Gasteiger partial charge is 0.369 e. The first-order valence-corrected chi connectivity index (χ1v) is 9.96. The van der Waals surface area contributed by atoms with Gasteiger partial charge in [-0.25, -0.2) is 22.7 Å². The molecule has 0 aromatic carbocycles. The van der Waals surface area contributed by atoms with Crippen LogP contribution in [-0.2, 0) is 22.9 Å². The van der Waals surface area contributed by atoms with Crippen molar-refractivity contribution in [2.45, 2.75) is 50.5 Å². The zero-order valence-corrected chi connectivity index (χ0v) is 16.0. The average Bonchev–Trinajstić information content (AvgIpc) is 3.14. The summed E-state index contributed by atoms with van der Waals surface area (Å²) in [4.78, 5) is 21.8. The Morgan fingerprint density at radius 1 is 1.48 bits per heavy atom. The lowest BCUT2D eigenvalue weighted by Gasteiger charge is -2.39. The van der Waals surface area contributed by atoms with Gasteiger partial charge in [0.1, 0.15) is 6.10 Å². The Bertz CT molecular complexity index is 1050. The first-order chi connectivity index (χ1) is 13.6. The molecule has 1 unspecified atom stereocenters. The Hall–Kier alpha value is -1.99. The summed E-state index contributed by atoms with van der Waals surface area (Å²) in [6, 6.07) is 0. The fourth-order valence-corrected chi connectivity index (χ4v) is 4.90. The fourth-order valence-electron chi connectivity index (χ4n) is 3.28. The highest BCUT2D eigenvalue weighted by Crippen LogP contribution is 2.61. The van der Waals surface area contributed by atoms with E-state index in [0.717, 1.165) is 10.9 Å². The maximum absolute atomic E-state index is 15.3. The van der Waals surface area contributed by atoms with E-state index < -0.39 is 56.6 Å². The van der Waals surface area contributed by atoms with Crippen LogP contribution in [0, 0.1) is 0 Å². The highest BCUT2D eigenvalue weighted by atomic mass is 31.2. The molecule has 160 valence electrons. The number of nitrogen functional groups attached to an aromatic ring is 1. The Kier molecular flexibility index (Phi) is 4.74. The second kappa shape index (κ2) is 6.77. The maximum Gasteiger partial charge on any atom is 0.475 e. The van der Waals surface area contributed by atoms with Crippen molar-refractivity contribution in [3.63, 3.8) is 0 Å². The van der Waals surface area contributed by atoms with Gasteiger partial charge in [0.05, 0.1) is 19.0 Å². The summed E-state index contributed by atoms with van der Waals surface area (Å²) in [5.41, 5.74) is 1.88. The van der Waals surface area contributed by atoms with Crippen LogP contribution in [0.15, 0.2) is 11.1 Å². The van der Waals surface area contributed by atoms with E-state index in [1.54, 1.807) is 0 Å². The van der Waals surface area contributed by atoms with Gasteiger partial charge in [-0.3, -0.25) is 27.9 Å². The molecule has 2 aromatic heterocycles. The van der Waals surface area contributed by atoms with E-state index in [1.165, 1.54) is 13.8 Å². The predicted molar refractivity (Wildman–Crippen MR) is 91.0 cm³/mol. The van der Waals surface area contributed by atoms with Crippen LogP contribution in [0.2, 0.25) is 0 Å². The number of hydrogen-bond acceptors (Lipinski definition) is 9. The van der Waals surface area contributed by atoms with Gasteiger partial charge in [-0.05, 0) is 13.8 Å². The Morgan fingerprint density at radius 3 is 2.86 bits per heavy atom. The summed E-state index contributed by atoms with van der Waals surface area (Å²) in [6.45, 7) is 2.11. The number of anilines is 1. The normalized spacial score (nSPS) is 34.9. The minimum Gasteiger partial charge on any atom is -0.369 e. The van der Waals surface area contributed by atoms with Crippen LogP contribution in [0.1, 0.15) is 20.1 Å². The molecule has 4 rings (SSSR count). The van der Waals surface area contributed by atoms with Crippen molar-refractivity contribution in [1.82, 2.24) is 19.5 Å². The van der Waals surface area contributed by atoms with Crippen LogP contribution in [0.25, 0.3) is 11.2 Å². The molecule has 4 heterocycles. The van der Waals surface area contributed by atoms with Crippen LogP contribution in [0.3, 0.4) is 0 Å². The number of ether oxygens (including phenoxy) is 1. The first kappa shape index (κ1) is 20.3. The Labute approximate surface area is 160 Å². The summed E-state index contributed by atoms with van der Waals surface area (Å²) < 4.78 is 77.0. The first-order valence-electron chi connectivity index (χ1n) is 8.50. The van der Waals surface area contributed by atoms with Gasteiger partial charge in [-0.15, -0.1) is 0 Å². The second-order valence-electron chi connectivity index (χ2n) is 6.88. The summed E-state index contributed by atoms with van der Waals surface area (Å²) in [5.74, 6) is -0.284. The molecule has 2 saturated heterocycles. The summed E-state index contributed by atoms with van der Waals surface area (Å²) >= 11 is 0. The molecule has 29 heavy (non-hydrogen) atoms. The molecule has 0 radical (unpaired) electrons. The van der Waals surface area contributed by atoms with E-state index in [1.807, 2.05) is 0 Å². The number of phosphoric ester groups is 1. The average molecular weight is 439 g/mol. The van der Waals surface area contributed by atoms with Crippen molar-refractivity contribution in [3.05, 3.63) is 16.7 Å². The number of aromatic nitrogens is 4. The zero-order valence-electron chi connectivity index (χ0n) is 15.1. The van der Waals surface area contributed by atoms with Gasteiger partial charge < -0.3 is 10.5 Å². The lowest BCUT2D eigenvalue weighted by atomic mass is 9.97. The minimum atomic E-state index is -4.30. The highest BCUT2D eigenvalue weighted by Gasteiger charge is 2.68. The van der Waals surface area contributed by atoms with E-state index in [4.69, 9.17) is 24.0 Å². The Balaban J connectivity index is 1.76. The number of halogens is 3. The Morgan fingerprint density at radius 2 is 2.21 bits per heavy atom. The quantitative estimate of drug-likeness (QED) is 0.678. The summed E-state index contributed by atoms with van der Waals surface area (Å²) in [7, 11) is -4.30. The van der Waals surface area contributed by atoms with Gasteiger partial charge in [-0.1, -0.05) is 0 Å². The molecule has 3 N–H and O–H groups in total. The molecule has 0 aliphatic carbocycles. The molecule has 0 bridgehead atoms. The minimum absolute atomic E-state index is 0.176. The van der Waals surface area contributed by atoms with Crippen molar-refractivity contribution in [1.29, 1.82) is 0 Å². The molecule has 2 fully saturated rings. The molecule has 11 nitrogen and oxygen atoms in total. The van der Waals surface area contributed by atoms with Crippen LogP contribution in [0.5, 0.6) is 0 Å². The molecule has 2 aromatic rings. The molecule has 0 amide bonds. The van der Waals surface area contributed by atoms with Crippen LogP contribution in [-0.4, -0.2) is 56.5 Å². The monoisotopic (exact) mass is 439 g/mol. The molecule has 15 heteroatoms. The fraction of sp³-hybridized carbons (Fsp3) is 0.643. The number of nitrogens with two attached hydrogens (primary N) is 1. The third-order valence-corrected chi connectivity index (χ3v) is 6.12. The van der Waals surface area contributed by atoms with Crippen LogP contribution < -0.4 is 11.3 Å². The number of fused-ring (bicyclic) bond motifs is 2. The van der Waals surface area contributed by atoms with Gasteiger partial charge in [0.15, 0.2) is 29.2 Å². The number of alkyl halides is 3. The summed E-state index contributed by atoms with van der Waals surface area (Å²) in [5, 5.41) is 0. The number of H-pyrrole nitrogens is 1. The summed E-state index contributed by atoms with van der Waals surface area (Å²) in [6.07, 6.45) is -8.81. The molecule has 0 saturated carbocycles. The standard InChI is InChI=1S/C14H17F3N5O6P/c1-5(2)27-29(24)25-3-14(12(16)17)8(28-29)6(15)11(26-14)22-4-19-7-9(22)20-13(18)21-10(7)23/h4-6,8,11-12H,3H2,1-2H3,(H3,18,20,21,23)/t6-,8+,11-,14-,29?/m1/s1. The van der Waals surface area contributed by atoms with Crippen molar-refractivity contribution < 1.29 is 36.0 Å². The van der Waals surface area contributed by atoms with E-state index in [0.29, 0.717) is 0 Å². The molecule has 5 atom stereocenters. The second-order valence-corrected chi connectivity index (χ2v) is 8.46. The van der Waals surface area contributed by atoms with E-state index in [2.05, 4.69) is 15.0 Å². The number of phosphoric acid groups is 1. The van der Waals surface area contributed by atoms with Gasteiger partial charge in [0, 0.05) is 0 Å². The van der Waals surface area contributed by atoms with Crippen LogP contribution >= 0.6 is 7.82 Å². The number of nitrogens with one attached hydrogen (secondary N) is 1.